The van der Waals surface area contributed by atoms with Gasteiger partial charge >= 0.3 is 0 Å². The maximum absolute atomic E-state index is 13.0. The lowest BCUT2D eigenvalue weighted by molar-refractivity contribution is -0.131. The minimum Gasteiger partial charge on any atom is -0.298 e. The summed E-state index contributed by atoms with van der Waals surface area (Å²) in [7, 11) is 0. The van der Waals surface area contributed by atoms with Gasteiger partial charge in [-0.05, 0) is 18.9 Å². The molecule has 0 unspecified atom stereocenters. The van der Waals surface area contributed by atoms with Crippen molar-refractivity contribution >= 4 is 59.4 Å². The lowest BCUT2D eigenvalue weighted by Crippen LogP contribution is -2.53. The van der Waals surface area contributed by atoms with Crippen molar-refractivity contribution < 1.29 is 9.59 Å². The fraction of sp³-hybridized carbons (Fsp3) is 0.375. The smallest absolute Gasteiger partial charge is 0.181 e. The van der Waals surface area contributed by atoms with Crippen LogP contribution in [0, 0.1) is 11.3 Å². The molecule has 0 radical (unpaired) electrons. The minimum absolute atomic E-state index is 0.00530. The van der Waals surface area contributed by atoms with Crippen LogP contribution in [0.2, 0.25) is 0 Å². The number of hydrogen-bond acceptors (Lipinski definition) is 2. The van der Waals surface area contributed by atoms with Crippen LogP contribution in [0.15, 0.2) is 40.9 Å². The summed E-state index contributed by atoms with van der Waals surface area (Å²) >= 11 is 10.6. The molecule has 21 heavy (non-hydrogen) atoms. The quantitative estimate of drug-likeness (QED) is 0.342. The number of rotatable bonds is 2. The largest absolute Gasteiger partial charge is 0.298 e. The zero-order valence-electron chi connectivity index (χ0n) is 11.1. The number of benzene rings is 1. The van der Waals surface area contributed by atoms with Crippen LogP contribution >= 0.6 is 47.8 Å². The van der Waals surface area contributed by atoms with Crippen LogP contribution in [0.5, 0.6) is 0 Å². The van der Waals surface area contributed by atoms with Gasteiger partial charge in [-0.25, -0.2) is 0 Å². The van der Waals surface area contributed by atoms with Gasteiger partial charge in [0, 0.05) is 16.0 Å². The maximum Gasteiger partial charge on any atom is 0.181 e. The van der Waals surface area contributed by atoms with E-state index in [2.05, 4.69) is 47.8 Å². The Kier molecular flexibility index (Phi) is 4.04. The summed E-state index contributed by atoms with van der Waals surface area (Å²) in [6, 6.07) is 9.08. The minimum atomic E-state index is -1.05. The number of carbonyl (C=O) groups is 2. The van der Waals surface area contributed by atoms with E-state index in [0.29, 0.717) is 16.5 Å². The molecule has 1 aromatic rings. The molecule has 2 nitrogen and oxygen atoms in total. The van der Waals surface area contributed by atoms with Crippen LogP contribution in [0.25, 0.3) is 0 Å². The lowest BCUT2D eigenvalue weighted by Gasteiger charge is -2.46. The van der Waals surface area contributed by atoms with Gasteiger partial charge in [-0.2, -0.15) is 0 Å². The van der Waals surface area contributed by atoms with Crippen LogP contribution in [-0.2, 0) is 4.79 Å². The van der Waals surface area contributed by atoms with Crippen LogP contribution in [0.1, 0.15) is 29.6 Å². The van der Waals surface area contributed by atoms with Crippen LogP contribution < -0.4 is 0 Å². The summed E-state index contributed by atoms with van der Waals surface area (Å²) in [5, 5.41) is 0. The molecule has 0 heterocycles. The maximum atomic E-state index is 13.0. The van der Waals surface area contributed by atoms with Crippen molar-refractivity contribution in [3.05, 3.63) is 46.5 Å². The Balaban J connectivity index is 2.15. The number of carbonyl (C=O) groups excluding carboxylic acids is 2. The summed E-state index contributed by atoms with van der Waals surface area (Å²) in [4.78, 5) is 26.1. The van der Waals surface area contributed by atoms with Crippen molar-refractivity contribution in [2.24, 2.45) is 11.3 Å². The van der Waals surface area contributed by atoms with E-state index in [0.717, 1.165) is 12.8 Å². The second-order valence-electron chi connectivity index (χ2n) is 5.58. The average molecular weight is 477 g/mol. The first kappa shape index (κ1) is 15.6. The molecule has 5 heteroatoms. The van der Waals surface area contributed by atoms with E-state index in [9.17, 15) is 9.59 Å². The molecule has 2 bridgehead atoms. The molecule has 110 valence electrons. The summed E-state index contributed by atoms with van der Waals surface area (Å²) in [5.41, 5.74) is -0.455. The predicted molar refractivity (Wildman–Crippen MR) is 93.1 cm³/mol. The highest BCUT2D eigenvalue weighted by Gasteiger charge is 2.59. The third kappa shape index (κ3) is 2.32. The lowest BCUT2D eigenvalue weighted by atomic mass is 9.61. The molecule has 0 spiro atoms. The molecule has 0 saturated heterocycles. The predicted octanol–water partition coefficient (Wildman–Crippen LogP) is 5.00. The monoisotopic (exact) mass is 474 g/mol. The molecule has 1 aromatic carbocycles. The van der Waals surface area contributed by atoms with Crippen molar-refractivity contribution in [2.45, 2.75) is 22.5 Å². The van der Waals surface area contributed by atoms with E-state index in [1.165, 1.54) is 0 Å². The van der Waals surface area contributed by atoms with Gasteiger partial charge in [0.25, 0.3) is 0 Å². The Hall–Kier alpha value is -0.260. The molecule has 2 aliphatic carbocycles. The topological polar surface area (TPSA) is 34.1 Å². The Labute approximate surface area is 148 Å². The Morgan fingerprint density at radius 1 is 1.19 bits per heavy atom. The van der Waals surface area contributed by atoms with E-state index in [4.69, 9.17) is 0 Å². The van der Waals surface area contributed by atoms with Crippen LogP contribution in [0.4, 0.5) is 0 Å². The summed E-state index contributed by atoms with van der Waals surface area (Å²) in [6.45, 7) is 0. The van der Waals surface area contributed by atoms with Crippen molar-refractivity contribution in [2.75, 3.05) is 0 Å². The molecule has 0 aromatic heterocycles. The number of hydrogen-bond donors (Lipinski definition) is 0. The number of alkyl halides is 2. The number of halogens is 3. The van der Waals surface area contributed by atoms with Crippen LogP contribution in [-0.4, -0.2) is 14.8 Å². The highest BCUT2D eigenvalue weighted by atomic mass is 79.9. The summed E-state index contributed by atoms with van der Waals surface area (Å²) in [6.07, 6.45) is 4.13. The molecule has 0 aliphatic heterocycles. The van der Waals surface area contributed by atoms with E-state index >= 15 is 0 Å². The average Bonchev–Trinajstić information content (AvgIpc) is 2.45. The first-order valence-electron chi connectivity index (χ1n) is 6.80. The van der Waals surface area contributed by atoms with Crippen molar-refractivity contribution in [3.63, 3.8) is 0 Å². The standard InChI is InChI=1S/C16H13Br3O2/c17-12-9-16(18,19)11-7-4-8-15(12,14(11)21)13(20)10-5-2-1-3-6-10/h1-3,5-6,9,11H,4,7-8H2/t11-,15-/m0/s1. The van der Waals surface area contributed by atoms with Gasteiger partial charge in [0.15, 0.2) is 11.6 Å². The molecule has 1 fully saturated rings. The first-order chi connectivity index (χ1) is 9.89. The van der Waals surface area contributed by atoms with Gasteiger partial charge in [-0.15, -0.1) is 0 Å². The Bertz CT molecular complexity index is 636. The molecule has 1 saturated carbocycles. The second kappa shape index (κ2) is 5.43. The molecule has 2 atom stereocenters. The number of Topliss-reactive ketones (excluding diaryl/α,β-unsaturated/α-hetero) is 2. The number of fused-ring (bicyclic) bond motifs is 2. The number of ketones is 2. The van der Waals surface area contributed by atoms with E-state index < -0.39 is 8.65 Å². The normalized spacial score (nSPS) is 30.7. The van der Waals surface area contributed by atoms with Gasteiger partial charge < -0.3 is 0 Å². The third-order valence-corrected chi connectivity index (χ3v) is 6.87. The fourth-order valence-electron chi connectivity index (χ4n) is 3.29. The van der Waals surface area contributed by atoms with Gasteiger partial charge in [-0.1, -0.05) is 84.5 Å². The van der Waals surface area contributed by atoms with Gasteiger partial charge in [-0.3, -0.25) is 9.59 Å². The molecular formula is C16H13Br3O2. The van der Waals surface area contributed by atoms with Crippen LogP contribution in [0.3, 0.4) is 0 Å². The van der Waals surface area contributed by atoms with E-state index in [1.54, 1.807) is 12.1 Å². The molecule has 0 amide bonds. The molecule has 3 rings (SSSR count). The summed E-state index contributed by atoms with van der Waals surface area (Å²) < 4.78 is 0.107. The van der Waals surface area contributed by atoms with E-state index in [1.807, 2.05) is 24.3 Å². The van der Waals surface area contributed by atoms with Crippen molar-refractivity contribution in [1.29, 1.82) is 0 Å². The third-order valence-electron chi connectivity index (χ3n) is 4.40. The van der Waals surface area contributed by atoms with Gasteiger partial charge in [0.05, 0.1) is 0 Å². The molecule has 0 N–H and O–H groups in total. The summed E-state index contributed by atoms with van der Waals surface area (Å²) in [5.74, 6) is -0.317. The van der Waals surface area contributed by atoms with Gasteiger partial charge in [0.1, 0.15) is 8.65 Å². The Morgan fingerprint density at radius 2 is 1.86 bits per heavy atom. The van der Waals surface area contributed by atoms with Gasteiger partial charge in [0.2, 0.25) is 0 Å². The molecule has 2 aliphatic rings. The van der Waals surface area contributed by atoms with Crippen molar-refractivity contribution in [3.8, 4) is 0 Å². The highest BCUT2D eigenvalue weighted by molar-refractivity contribution is 9.25. The first-order valence-corrected chi connectivity index (χ1v) is 9.18. The SMILES string of the molecule is O=C(c1ccccc1)[C@@]12CCC[C@@H](C1=O)C(Br)(Br)C=C2Br. The molecular weight excluding hydrogens is 464 g/mol. The zero-order valence-corrected chi connectivity index (χ0v) is 15.9. The van der Waals surface area contributed by atoms with Crippen molar-refractivity contribution in [1.82, 2.24) is 0 Å². The fourth-order valence-corrected chi connectivity index (χ4v) is 6.17. The highest BCUT2D eigenvalue weighted by Crippen LogP contribution is 2.57. The Morgan fingerprint density at radius 3 is 2.52 bits per heavy atom. The van der Waals surface area contributed by atoms with E-state index in [-0.39, 0.29) is 17.5 Å². The number of allylic oxidation sites excluding steroid dienone is 2. The zero-order chi connectivity index (χ0) is 15.3. The second-order valence-corrected chi connectivity index (χ2v) is 10.1.